The van der Waals surface area contributed by atoms with E-state index in [9.17, 15) is 16.8 Å². The molecule has 6 nitrogen and oxygen atoms in total. The molecule has 8 heteroatoms. The van der Waals surface area contributed by atoms with E-state index in [0.29, 0.717) is 18.4 Å². The van der Waals surface area contributed by atoms with Gasteiger partial charge in [0.15, 0.2) is 0 Å². The van der Waals surface area contributed by atoms with Gasteiger partial charge in [0.25, 0.3) is 20.2 Å². The maximum atomic E-state index is 11.2. The van der Waals surface area contributed by atoms with Crippen molar-refractivity contribution >= 4 is 20.2 Å². The van der Waals surface area contributed by atoms with E-state index >= 15 is 0 Å². The van der Waals surface area contributed by atoms with Gasteiger partial charge in [0.05, 0.1) is 10.1 Å². The molecule has 20 heavy (non-hydrogen) atoms. The van der Waals surface area contributed by atoms with Crippen LogP contribution in [0.4, 0.5) is 0 Å². The molecular weight excluding hydrogens is 304 g/mol. The lowest BCUT2D eigenvalue weighted by molar-refractivity contribution is 0.399. The van der Waals surface area contributed by atoms with Crippen molar-refractivity contribution in [2.24, 2.45) is 0 Å². The first-order valence-corrected chi connectivity index (χ1v) is 9.16. The lowest BCUT2D eigenvalue weighted by Crippen LogP contribution is -2.27. The smallest absolute Gasteiger partial charge is 0.285 e. The zero-order chi connectivity index (χ0) is 15.0. The summed E-state index contributed by atoms with van der Waals surface area (Å²) >= 11 is 0. The fourth-order valence-corrected chi connectivity index (χ4v) is 4.12. The van der Waals surface area contributed by atoms with Crippen molar-refractivity contribution in [3.05, 3.63) is 29.8 Å². The minimum Gasteiger partial charge on any atom is -0.285 e. The van der Waals surface area contributed by atoms with Crippen molar-refractivity contribution in [3.63, 3.8) is 0 Å². The fraction of sp³-hybridized carbons (Fsp3) is 0.500. The Morgan fingerprint density at radius 1 is 1.05 bits per heavy atom. The Balaban J connectivity index is 2.28. The lowest BCUT2D eigenvalue weighted by Gasteiger charge is -2.27. The Hall–Kier alpha value is -0.960. The molecule has 2 rings (SSSR count). The minimum absolute atomic E-state index is 0.141. The van der Waals surface area contributed by atoms with Gasteiger partial charge in [-0.05, 0) is 42.9 Å². The molecule has 0 aromatic heterocycles. The van der Waals surface area contributed by atoms with Gasteiger partial charge < -0.3 is 0 Å². The minimum atomic E-state index is -4.27. The summed E-state index contributed by atoms with van der Waals surface area (Å²) in [7, 11) is -8.35. The van der Waals surface area contributed by atoms with Gasteiger partial charge in [0.1, 0.15) is 0 Å². The summed E-state index contributed by atoms with van der Waals surface area (Å²) in [5, 5.41) is -0.810. The SMILES string of the molecule is O=S(=O)(O)c1cccc(C2CCCC(S(=O)(=O)O)C2)c1. The van der Waals surface area contributed by atoms with E-state index in [-0.39, 0.29) is 17.2 Å². The second-order valence-electron chi connectivity index (χ2n) is 5.05. The molecule has 1 aliphatic rings. The maximum absolute atomic E-state index is 11.2. The molecule has 0 heterocycles. The molecule has 1 aromatic carbocycles. The Labute approximate surface area is 118 Å². The third kappa shape index (κ3) is 3.57. The predicted molar refractivity (Wildman–Crippen MR) is 72.8 cm³/mol. The molecule has 0 spiro atoms. The zero-order valence-electron chi connectivity index (χ0n) is 10.6. The molecule has 0 bridgehead atoms. The van der Waals surface area contributed by atoms with Gasteiger partial charge in [0.2, 0.25) is 0 Å². The number of hydrogen-bond donors (Lipinski definition) is 2. The van der Waals surface area contributed by atoms with Crippen LogP contribution in [-0.2, 0) is 20.2 Å². The Kier molecular flexibility index (Phi) is 4.19. The van der Waals surface area contributed by atoms with E-state index < -0.39 is 25.5 Å². The van der Waals surface area contributed by atoms with Crippen LogP contribution in [0.5, 0.6) is 0 Å². The van der Waals surface area contributed by atoms with Crippen molar-refractivity contribution in [1.82, 2.24) is 0 Å². The highest BCUT2D eigenvalue weighted by Gasteiger charge is 2.31. The quantitative estimate of drug-likeness (QED) is 0.823. The molecule has 2 N–H and O–H groups in total. The average Bonchev–Trinajstić information content (AvgIpc) is 2.37. The largest absolute Gasteiger partial charge is 0.294 e. The summed E-state index contributed by atoms with van der Waals surface area (Å²) in [6.07, 6.45) is 2.03. The summed E-state index contributed by atoms with van der Waals surface area (Å²) in [6, 6.07) is 5.84. The van der Waals surface area contributed by atoms with Crippen LogP contribution in [0.25, 0.3) is 0 Å². The highest BCUT2D eigenvalue weighted by Crippen LogP contribution is 2.36. The molecule has 0 aliphatic heterocycles. The molecular formula is C12H16O6S2. The second-order valence-corrected chi connectivity index (χ2v) is 8.17. The van der Waals surface area contributed by atoms with Crippen molar-refractivity contribution in [2.45, 2.75) is 41.7 Å². The first-order chi connectivity index (χ1) is 9.18. The van der Waals surface area contributed by atoms with Crippen molar-refractivity contribution < 1.29 is 25.9 Å². The van der Waals surface area contributed by atoms with Gasteiger partial charge in [-0.25, -0.2) is 0 Å². The van der Waals surface area contributed by atoms with E-state index in [0.717, 1.165) is 6.42 Å². The molecule has 2 atom stereocenters. The Morgan fingerprint density at radius 3 is 2.35 bits per heavy atom. The highest BCUT2D eigenvalue weighted by atomic mass is 32.2. The lowest BCUT2D eigenvalue weighted by atomic mass is 9.84. The molecule has 112 valence electrons. The summed E-state index contributed by atoms with van der Waals surface area (Å²) in [4.78, 5) is -0.205. The Morgan fingerprint density at radius 2 is 1.75 bits per heavy atom. The first kappa shape index (κ1) is 15.4. The van der Waals surface area contributed by atoms with E-state index in [2.05, 4.69) is 0 Å². The molecule has 1 fully saturated rings. The second kappa shape index (κ2) is 5.44. The third-order valence-electron chi connectivity index (χ3n) is 3.67. The van der Waals surface area contributed by atoms with Crippen molar-refractivity contribution in [1.29, 1.82) is 0 Å². The van der Waals surface area contributed by atoms with E-state index in [1.165, 1.54) is 18.2 Å². The normalized spacial score (nSPS) is 24.5. The van der Waals surface area contributed by atoms with E-state index in [4.69, 9.17) is 9.11 Å². The topological polar surface area (TPSA) is 109 Å². The molecule has 0 saturated heterocycles. The van der Waals surface area contributed by atoms with Crippen LogP contribution in [0.2, 0.25) is 0 Å². The monoisotopic (exact) mass is 320 g/mol. The summed E-state index contributed by atoms with van der Waals surface area (Å²) in [5.41, 5.74) is 0.661. The van der Waals surface area contributed by atoms with Gasteiger partial charge >= 0.3 is 0 Å². The highest BCUT2D eigenvalue weighted by molar-refractivity contribution is 7.86. The number of rotatable bonds is 3. The number of benzene rings is 1. The molecule has 1 aliphatic carbocycles. The third-order valence-corrected chi connectivity index (χ3v) is 5.79. The zero-order valence-corrected chi connectivity index (χ0v) is 12.3. The summed E-state index contributed by atoms with van der Waals surface area (Å²) < 4.78 is 62.8. The molecule has 2 unspecified atom stereocenters. The van der Waals surface area contributed by atoms with Crippen LogP contribution in [0.15, 0.2) is 29.2 Å². The van der Waals surface area contributed by atoms with Crippen LogP contribution < -0.4 is 0 Å². The van der Waals surface area contributed by atoms with Crippen LogP contribution in [0, 0.1) is 0 Å². The fourth-order valence-electron chi connectivity index (χ4n) is 2.65. The Bertz CT molecular complexity index is 692. The standard InChI is InChI=1S/C12H16O6S2/c13-19(14,15)11-5-1-3-9(7-11)10-4-2-6-12(8-10)20(16,17)18/h1,3,5,7,10,12H,2,4,6,8H2,(H,13,14,15)(H,16,17,18). The van der Waals surface area contributed by atoms with Gasteiger partial charge in [-0.1, -0.05) is 18.6 Å². The maximum Gasteiger partial charge on any atom is 0.294 e. The van der Waals surface area contributed by atoms with Gasteiger partial charge in [0, 0.05) is 0 Å². The number of hydrogen-bond acceptors (Lipinski definition) is 4. The van der Waals surface area contributed by atoms with Crippen molar-refractivity contribution in [2.75, 3.05) is 0 Å². The summed E-state index contributed by atoms with van der Waals surface area (Å²) in [6.45, 7) is 0. The van der Waals surface area contributed by atoms with Gasteiger partial charge in [-0.2, -0.15) is 16.8 Å². The predicted octanol–water partition coefficient (Wildman–Crippen LogP) is 1.85. The average molecular weight is 320 g/mol. The molecule has 1 saturated carbocycles. The van der Waals surface area contributed by atoms with Gasteiger partial charge in [-0.3, -0.25) is 9.11 Å². The molecule has 0 amide bonds. The first-order valence-electron chi connectivity index (χ1n) is 6.21. The van der Waals surface area contributed by atoms with Gasteiger partial charge in [-0.15, -0.1) is 0 Å². The summed E-state index contributed by atoms with van der Waals surface area (Å²) in [5.74, 6) is -0.141. The molecule has 0 radical (unpaired) electrons. The van der Waals surface area contributed by atoms with E-state index in [1.54, 1.807) is 6.07 Å². The van der Waals surface area contributed by atoms with Crippen LogP contribution in [-0.4, -0.2) is 31.2 Å². The molecule has 1 aromatic rings. The van der Waals surface area contributed by atoms with Crippen molar-refractivity contribution in [3.8, 4) is 0 Å². The van der Waals surface area contributed by atoms with Crippen LogP contribution in [0.3, 0.4) is 0 Å². The van der Waals surface area contributed by atoms with E-state index in [1.807, 2.05) is 0 Å². The van der Waals surface area contributed by atoms with Crippen LogP contribution >= 0.6 is 0 Å². The van der Waals surface area contributed by atoms with Crippen LogP contribution in [0.1, 0.15) is 37.2 Å².